The Kier molecular flexibility index (Phi) is 4.64. The predicted octanol–water partition coefficient (Wildman–Crippen LogP) is 2.34. The summed E-state index contributed by atoms with van der Waals surface area (Å²) in [5.41, 5.74) is 8.66. The van der Waals surface area contributed by atoms with E-state index >= 15 is 0 Å². The van der Waals surface area contributed by atoms with Gasteiger partial charge >= 0.3 is 0 Å². The maximum Gasteiger partial charge on any atom is 0.0670 e. The molecular weight excluding hydrogens is 238 g/mol. The lowest BCUT2D eigenvalue weighted by Gasteiger charge is -2.33. The van der Waals surface area contributed by atoms with Gasteiger partial charge in [-0.1, -0.05) is 0 Å². The number of ether oxygens (including phenoxy) is 1. The normalized spacial score (nSPS) is 16.3. The van der Waals surface area contributed by atoms with Crippen molar-refractivity contribution in [2.24, 2.45) is 0 Å². The zero-order valence-corrected chi connectivity index (χ0v) is 11.4. The Bertz CT molecular complexity index is 459. The summed E-state index contributed by atoms with van der Waals surface area (Å²) < 4.78 is 5.66. The van der Waals surface area contributed by atoms with E-state index in [4.69, 9.17) is 15.7 Å². The minimum Gasteiger partial charge on any atom is -0.398 e. The van der Waals surface area contributed by atoms with Gasteiger partial charge in [-0.25, -0.2) is 0 Å². The lowest BCUT2D eigenvalue weighted by atomic mass is 10.0. The van der Waals surface area contributed by atoms with Gasteiger partial charge in [0.25, 0.3) is 0 Å². The van der Waals surface area contributed by atoms with Crippen LogP contribution < -0.4 is 10.6 Å². The fraction of sp³-hybridized carbons (Fsp3) is 0.533. The maximum atomic E-state index is 8.80. The lowest BCUT2D eigenvalue weighted by Crippen LogP contribution is -2.37. The number of nitrogen functional groups attached to an aromatic ring is 1. The molecule has 1 aromatic carbocycles. The molecule has 1 saturated heterocycles. The monoisotopic (exact) mass is 259 g/mol. The molecule has 1 aliphatic rings. The van der Waals surface area contributed by atoms with Crippen LogP contribution in [-0.2, 0) is 11.2 Å². The predicted molar refractivity (Wildman–Crippen MR) is 77.0 cm³/mol. The van der Waals surface area contributed by atoms with Crippen molar-refractivity contribution in [1.29, 1.82) is 5.26 Å². The van der Waals surface area contributed by atoms with E-state index in [2.05, 4.69) is 11.0 Å². The fourth-order valence-electron chi connectivity index (χ4n) is 2.54. The van der Waals surface area contributed by atoms with Crippen LogP contribution in [0.4, 0.5) is 11.4 Å². The van der Waals surface area contributed by atoms with Gasteiger partial charge in [0.15, 0.2) is 0 Å². The molecule has 0 radical (unpaired) electrons. The van der Waals surface area contributed by atoms with Crippen LogP contribution in [0.5, 0.6) is 0 Å². The van der Waals surface area contributed by atoms with E-state index in [-0.39, 0.29) is 0 Å². The molecule has 2 N–H and O–H groups in total. The molecule has 2 rings (SSSR count). The molecule has 4 heteroatoms. The van der Waals surface area contributed by atoms with Gasteiger partial charge in [0.1, 0.15) is 0 Å². The number of anilines is 2. The number of nitrogens with zero attached hydrogens (tertiary/aromatic N) is 2. The zero-order valence-electron chi connectivity index (χ0n) is 11.4. The minimum atomic E-state index is 0.370. The number of rotatable bonds is 4. The van der Waals surface area contributed by atoms with Crippen molar-refractivity contribution in [3.63, 3.8) is 0 Å². The van der Waals surface area contributed by atoms with Crippen molar-refractivity contribution in [1.82, 2.24) is 0 Å². The molecule has 0 aromatic heterocycles. The maximum absolute atomic E-state index is 8.80. The molecule has 1 aromatic rings. The highest BCUT2D eigenvalue weighted by molar-refractivity contribution is 5.59. The Labute approximate surface area is 114 Å². The first-order chi connectivity index (χ1) is 9.24. The molecule has 4 nitrogen and oxygen atoms in total. The van der Waals surface area contributed by atoms with Crippen LogP contribution in [-0.4, -0.2) is 25.8 Å². The van der Waals surface area contributed by atoms with E-state index in [0.29, 0.717) is 18.2 Å². The second kappa shape index (κ2) is 6.44. The van der Waals surface area contributed by atoms with Crippen LogP contribution in [0, 0.1) is 11.3 Å². The summed E-state index contributed by atoms with van der Waals surface area (Å²) in [4.78, 5) is 2.34. The molecule has 0 saturated carbocycles. The van der Waals surface area contributed by atoms with Crippen LogP contribution in [0.2, 0.25) is 0 Å². The topological polar surface area (TPSA) is 62.3 Å². The van der Waals surface area contributed by atoms with Gasteiger partial charge in [0, 0.05) is 31.1 Å². The quantitative estimate of drug-likeness (QED) is 0.843. The van der Waals surface area contributed by atoms with Gasteiger partial charge in [-0.15, -0.1) is 0 Å². The number of hydrogen-bond donors (Lipinski definition) is 1. The van der Waals surface area contributed by atoms with E-state index in [1.165, 1.54) is 0 Å². The standard InChI is InChI=1S/C15H21N3O/c1-2-19-14-6-9-18(10-7-14)13-3-4-15(17)12(11-13)5-8-16/h3-4,11,14H,2,5-7,9-10,17H2,1H3. The largest absolute Gasteiger partial charge is 0.398 e. The summed E-state index contributed by atoms with van der Waals surface area (Å²) in [5, 5.41) is 8.80. The van der Waals surface area contributed by atoms with Gasteiger partial charge < -0.3 is 15.4 Å². The van der Waals surface area contributed by atoms with Crippen molar-refractivity contribution < 1.29 is 4.74 Å². The van der Waals surface area contributed by atoms with Gasteiger partial charge in [0.05, 0.1) is 18.6 Å². The summed E-state index contributed by atoms with van der Waals surface area (Å²) >= 11 is 0. The average Bonchev–Trinajstić information content (AvgIpc) is 2.43. The molecule has 0 unspecified atom stereocenters. The highest BCUT2D eigenvalue weighted by atomic mass is 16.5. The van der Waals surface area contributed by atoms with E-state index in [0.717, 1.165) is 43.8 Å². The minimum absolute atomic E-state index is 0.370. The Morgan fingerprint density at radius 3 is 2.79 bits per heavy atom. The summed E-state index contributed by atoms with van der Waals surface area (Å²) in [5.74, 6) is 0. The molecule has 0 bridgehead atoms. The molecule has 0 atom stereocenters. The third-order valence-corrected chi connectivity index (χ3v) is 3.61. The van der Waals surface area contributed by atoms with Crippen molar-refractivity contribution in [3.05, 3.63) is 23.8 Å². The van der Waals surface area contributed by atoms with Gasteiger partial charge in [0.2, 0.25) is 0 Å². The highest BCUT2D eigenvalue weighted by Gasteiger charge is 2.19. The first-order valence-corrected chi connectivity index (χ1v) is 6.86. The number of piperidine rings is 1. The number of hydrogen-bond acceptors (Lipinski definition) is 4. The van der Waals surface area contributed by atoms with Gasteiger partial charge in [-0.05, 0) is 43.5 Å². The van der Waals surface area contributed by atoms with Gasteiger partial charge in [-0.3, -0.25) is 0 Å². The third kappa shape index (κ3) is 3.39. The Hall–Kier alpha value is -1.73. The molecule has 102 valence electrons. The molecule has 0 amide bonds. The molecular formula is C15H21N3O. The number of nitrogens with two attached hydrogens (primary N) is 1. The second-order valence-electron chi connectivity index (χ2n) is 4.86. The highest BCUT2D eigenvalue weighted by Crippen LogP contribution is 2.25. The summed E-state index contributed by atoms with van der Waals surface area (Å²) in [6.07, 6.45) is 2.89. The number of benzene rings is 1. The SMILES string of the molecule is CCOC1CCN(c2ccc(N)c(CC#N)c2)CC1. The van der Waals surface area contributed by atoms with Crippen LogP contribution in [0.3, 0.4) is 0 Å². The second-order valence-corrected chi connectivity index (χ2v) is 4.86. The average molecular weight is 259 g/mol. The third-order valence-electron chi connectivity index (χ3n) is 3.61. The van der Waals surface area contributed by atoms with Crippen LogP contribution >= 0.6 is 0 Å². The summed E-state index contributed by atoms with van der Waals surface area (Å²) in [6, 6.07) is 8.14. The van der Waals surface area contributed by atoms with Crippen molar-refractivity contribution >= 4 is 11.4 Å². The van der Waals surface area contributed by atoms with E-state index in [9.17, 15) is 0 Å². The van der Waals surface area contributed by atoms with Crippen molar-refractivity contribution in [2.75, 3.05) is 30.3 Å². The molecule has 0 spiro atoms. The van der Waals surface area contributed by atoms with Crippen molar-refractivity contribution in [3.8, 4) is 6.07 Å². The van der Waals surface area contributed by atoms with E-state index in [1.54, 1.807) is 0 Å². The first kappa shape index (κ1) is 13.7. The van der Waals surface area contributed by atoms with Gasteiger partial charge in [-0.2, -0.15) is 5.26 Å². The lowest BCUT2D eigenvalue weighted by molar-refractivity contribution is 0.0459. The van der Waals surface area contributed by atoms with Crippen LogP contribution in [0.15, 0.2) is 18.2 Å². The molecule has 19 heavy (non-hydrogen) atoms. The molecule has 1 heterocycles. The Morgan fingerprint density at radius 1 is 1.42 bits per heavy atom. The first-order valence-electron chi connectivity index (χ1n) is 6.86. The van der Waals surface area contributed by atoms with Crippen molar-refractivity contribution in [2.45, 2.75) is 32.3 Å². The molecule has 1 aliphatic heterocycles. The Balaban J connectivity index is 2.03. The van der Waals surface area contributed by atoms with Crippen LogP contribution in [0.25, 0.3) is 0 Å². The smallest absolute Gasteiger partial charge is 0.0670 e. The van der Waals surface area contributed by atoms with E-state index < -0.39 is 0 Å². The summed E-state index contributed by atoms with van der Waals surface area (Å²) in [6.45, 7) is 4.83. The Morgan fingerprint density at radius 2 is 2.16 bits per heavy atom. The van der Waals surface area contributed by atoms with E-state index in [1.807, 2.05) is 25.1 Å². The summed E-state index contributed by atoms with van der Waals surface area (Å²) in [7, 11) is 0. The number of nitriles is 1. The zero-order chi connectivity index (χ0) is 13.7. The molecule has 1 fully saturated rings. The van der Waals surface area contributed by atoms with Crippen LogP contribution in [0.1, 0.15) is 25.3 Å². The fourth-order valence-corrected chi connectivity index (χ4v) is 2.54. The molecule has 0 aliphatic carbocycles.